The number of oxazole rings is 1. The third kappa shape index (κ3) is 10.7. The number of ether oxygens (including phenoxy) is 4. The topological polar surface area (TPSA) is 186 Å². The van der Waals surface area contributed by atoms with Gasteiger partial charge in [-0.15, -0.1) is 0 Å². The fourth-order valence-corrected chi connectivity index (χ4v) is 9.20. The predicted molar refractivity (Wildman–Crippen MR) is 227 cm³/mol. The molecule has 2 aromatic carbocycles. The van der Waals surface area contributed by atoms with Crippen molar-refractivity contribution < 1.29 is 47.3 Å². The van der Waals surface area contributed by atoms with Crippen LogP contribution in [0.5, 0.6) is 0 Å². The molecule has 5 heterocycles. The fraction of sp³-hybridized carbons (Fsp3) is 0.591. The Labute approximate surface area is 360 Å². The zero-order chi connectivity index (χ0) is 43.9. The molecule has 4 aliphatic rings. The van der Waals surface area contributed by atoms with Crippen LogP contribution in [0, 0.1) is 6.92 Å². The van der Waals surface area contributed by atoms with Crippen LogP contribution in [0.4, 0.5) is 20.1 Å². The van der Waals surface area contributed by atoms with Gasteiger partial charge in [-0.05, 0) is 74.8 Å². The van der Waals surface area contributed by atoms with Crippen molar-refractivity contribution >= 4 is 46.9 Å². The summed E-state index contributed by atoms with van der Waals surface area (Å²) in [7, 11) is 1.65. The molecule has 2 atom stereocenters. The van der Waals surface area contributed by atoms with E-state index in [1.165, 1.54) is 11.5 Å². The number of urea groups is 1. The van der Waals surface area contributed by atoms with Crippen LogP contribution in [0.15, 0.2) is 45.6 Å². The molecule has 3 fully saturated rings. The number of fused-ring (bicyclic) bond motifs is 2. The number of hydrogen-bond donors (Lipinski definition) is 1. The number of para-hydroxylation sites is 1. The summed E-state index contributed by atoms with van der Waals surface area (Å²) in [5.74, 6) is -1.20. The normalized spacial score (nSPS) is 19.3. The SMILES string of the molecule is CCOC(=O)OC(C)OC(=O)CCN1CCN(C2CCN(C(=O)[C@@H](Cc3cc(C)c4c(c3)oc(=O)n4C)OC(=O)N3CCC(N4CCc5ccccc5NC4=O)CC3)CC2)CC1. The third-order valence-electron chi connectivity index (χ3n) is 12.5. The van der Waals surface area contributed by atoms with E-state index in [0.717, 1.165) is 62.3 Å². The summed E-state index contributed by atoms with van der Waals surface area (Å²) >= 11 is 0. The zero-order valence-electron chi connectivity index (χ0n) is 36.2. The van der Waals surface area contributed by atoms with E-state index in [4.69, 9.17) is 23.4 Å². The van der Waals surface area contributed by atoms with Gasteiger partial charge in [0.1, 0.15) is 0 Å². The van der Waals surface area contributed by atoms with Crippen LogP contribution in [-0.4, -0.2) is 156 Å². The molecule has 0 aliphatic carbocycles. The number of anilines is 1. The van der Waals surface area contributed by atoms with Gasteiger partial charge in [0.05, 0.1) is 18.5 Å². The van der Waals surface area contributed by atoms with Crippen molar-refractivity contribution in [1.82, 2.24) is 29.1 Å². The highest BCUT2D eigenvalue weighted by Gasteiger charge is 2.37. The molecule has 0 radical (unpaired) electrons. The molecule has 4 amide bonds. The molecular weight excluding hydrogens is 803 g/mol. The van der Waals surface area contributed by atoms with Crippen molar-refractivity contribution in [3.05, 3.63) is 63.6 Å². The molecule has 18 heteroatoms. The summed E-state index contributed by atoms with van der Waals surface area (Å²) in [4.78, 5) is 87.5. The molecule has 4 aliphatic heterocycles. The van der Waals surface area contributed by atoms with Crippen LogP contribution >= 0.6 is 0 Å². The lowest BCUT2D eigenvalue weighted by atomic mass is 9.99. The van der Waals surface area contributed by atoms with E-state index in [9.17, 15) is 28.8 Å². The Bertz CT molecular complexity index is 2150. The zero-order valence-corrected chi connectivity index (χ0v) is 36.2. The molecule has 62 heavy (non-hydrogen) atoms. The van der Waals surface area contributed by atoms with Crippen molar-refractivity contribution in [1.29, 1.82) is 0 Å². The molecule has 1 N–H and O–H groups in total. The number of aromatic nitrogens is 1. The summed E-state index contributed by atoms with van der Waals surface area (Å²) in [6.07, 6.45) is 0.128. The average molecular weight is 862 g/mol. The van der Waals surface area contributed by atoms with E-state index < -0.39 is 36.4 Å². The van der Waals surface area contributed by atoms with Gasteiger partial charge in [-0.3, -0.25) is 19.1 Å². The summed E-state index contributed by atoms with van der Waals surface area (Å²) in [6.45, 7) is 11.3. The number of nitrogens with zero attached hydrogens (tertiary/aromatic N) is 6. The highest BCUT2D eigenvalue weighted by Crippen LogP contribution is 2.27. The Morgan fingerprint density at radius 1 is 0.855 bits per heavy atom. The summed E-state index contributed by atoms with van der Waals surface area (Å²) < 4.78 is 27.9. The lowest BCUT2D eigenvalue weighted by Gasteiger charge is -2.43. The first-order valence-electron chi connectivity index (χ1n) is 21.8. The molecule has 1 unspecified atom stereocenters. The van der Waals surface area contributed by atoms with Gasteiger partial charge in [-0.1, -0.05) is 24.3 Å². The number of carbonyl (C=O) groups is 5. The number of likely N-dealkylation sites (tertiary alicyclic amines) is 2. The second-order valence-electron chi connectivity index (χ2n) is 16.6. The number of piperidine rings is 2. The van der Waals surface area contributed by atoms with Crippen molar-refractivity contribution in [2.75, 3.05) is 77.4 Å². The smallest absolute Gasteiger partial charge is 0.436 e. The minimum absolute atomic E-state index is 0.0382. The number of piperazine rings is 1. The molecule has 336 valence electrons. The van der Waals surface area contributed by atoms with E-state index in [1.54, 1.807) is 29.8 Å². The fourth-order valence-electron chi connectivity index (χ4n) is 9.20. The summed E-state index contributed by atoms with van der Waals surface area (Å²) in [5.41, 5.74) is 4.52. The summed E-state index contributed by atoms with van der Waals surface area (Å²) in [5, 5.41) is 3.04. The van der Waals surface area contributed by atoms with Gasteiger partial charge in [0, 0.05) is 104 Å². The molecule has 3 aromatic rings. The standard InChI is InChI=1S/C44H59N7O11/c1-5-58-44(57)60-30(3)59-38(52)15-16-47-22-24-48(25-23-47)33-11-17-49(18-12-33)40(53)37(28-31-26-29(2)39-36(27-31)61-42(55)46(39)4)62-43(56)50-19-13-34(14-20-50)51-21-10-32-8-6-7-9-35(32)45-41(51)54/h6-9,26-27,30,33-34,37H,5,10-25,28H2,1-4H3,(H,45,54)/t30?,37-/m1/s1. The van der Waals surface area contributed by atoms with Gasteiger partial charge >= 0.3 is 30.0 Å². The maximum atomic E-state index is 14.4. The van der Waals surface area contributed by atoms with Crippen LogP contribution in [0.2, 0.25) is 0 Å². The van der Waals surface area contributed by atoms with Crippen LogP contribution in [0.25, 0.3) is 11.1 Å². The summed E-state index contributed by atoms with van der Waals surface area (Å²) in [6, 6.07) is 11.6. The number of rotatable bonds is 12. The molecule has 3 saturated heterocycles. The highest BCUT2D eigenvalue weighted by atomic mass is 16.8. The van der Waals surface area contributed by atoms with Gasteiger partial charge in [-0.2, -0.15) is 0 Å². The molecule has 0 spiro atoms. The second-order valence-corrected chi connectivity index (χ2v) is 16.6. The molecule has 18 nitrogen and oxygen atoms in total. The van der Waals surface area contributed by atoms with Crippen LogP contribution < -0.4 is 11.1 Å². The Balaban J connectivity index is 0.926. The molecular formula is C44H59N7O11. The van der Waals surface area contributed by atoms with E-state index in [-0.39, 0.29) is 43.5 Å². The maximum absolute atomic E-state index is 14.4. The van der Waals surface area contributed by atoms with E-state index in [0.29, 0.717) is 68.8 Å². The number of hydrogen-bond acceptors (Lipinski definition) is 13. The largest absolute Gasteiger partial charge is 0.511 e. The quantitative estimate of drug-likeness (QED) is 0.156. The minimum Gasteiger partial charge on any atom is -0.436 e. The van der Waals surface area contributed by atoms with Gasteiger partial charge < -0.3 is 48.3 Å². The van der Waals surface area contributed by atoms with Crippen molar-refractivity contribution in [3.63, 3.8) is 0 Å². The molecule has 0 bridgehead atoms. The van der Waals surface area contributed by atoms with Crippen molar-refractivity contribution in [2.45, 2.75) is 90.2 Å². The van der Waals surface area contributed by atoms with Crippen LogP contribution in [0.3, 0.4) is 0 Å². The average Bonchev–Trinajstić information content (AvgIpc) is 3.44. The Morgan fingerprint density at radius 2 is 1.55 bits per heavy atom. The number of benzene rings is 2. The monoisotopic (exact) mass is 861 g/mol. The molecule has 1 aromatic heterocycles. The van der Waals surface area contributed by atoms with Gasteiger partial charge in [0.15, 0.2) is 11.7 Å². The van der Waals surface area contributed by atoms with E-state index in [1.807, 2.05) is 42.2 Å². The van der Waals surface area contributed by atoms with Crippen LogP contribution in [0.1, 0.15) is 62.6 Å². The van der Waals surface area contributed by atoms with Crippen molar-refractivity contribution in [3.8, 4) is 0 Å². The minimum atomic E-state index is -1.10. The van der Waals surface area contributed by atoms with Crippen molar-refractivity contribution in [2.24, 2.45) is 7.05 Å². The second kappa shape index (κ2) is 20.0. The highest BCUT2D eigenvalue weighted by molar-refractivity contribution is 5.91. The van der Waals surface area contributed by atoms with Gasteiger partial charge in [0.25, 0.3) is 5.91 Å². The Morgan fingerprint density at radius 3 is 2.27 bits per heavy atom. The van der Waals surface area contributed by atoms with Gasteiger partial charge in [-0.25, -0.2) is 19.2 Å². The number of carbonyl (C=O) groups excluding carboxylic acids is 5. The van der Waals surface area contributed by atoms with Gasteiger partial charge in [0.2, 0.25) is 6.29 Å². The Kier molecular flexibility index (Phi) is 14.4. The van der Waals surface area contributed by atoms with E-state index in [2.05, 4.69) is 15.1 Å². The first kappa shape index (κ1) is 44.4. The lowest BCUT2D eigenvalue weighted by Crippen LogP contribution is -2.55. The Hall–Kier alpha value is -5.62. The number of amides is 4. The molecule has 0 saturated carbocycles. The maximum Gasteiger partial charge on any atom is 0.511 e. The number of aryl methyl sites for hydroxylation is 2. The number of nitrogens with one attached hydrogen (secondary N) is 1. The van der Waals surface area contributed by atoms with E-state index >= 15 is 0 Å². The predicted octanol–water partition coefficient (Wildman–Crippen LogP) is 4.10. The third-order valence-corrected chi connectivity index (χ3v) is 12.5. The first-order valence-corrected chi connectivity index (χ1v) is 21.8. The number of esters is 1. The van der Waals surface area contributed by atoms with Crippen LogP contribution in [-0.2, 0) is 48.4 Å². The lowest BCUT2D eigenvalue weighted by molar-refractivity contribution is -0.168. The molecule has 7 rings (SSSR count). The first-order chi connectivity index (χ1) is 29.9.